The number of rotatable bonds is 5. The summed E-state index contributed by atoms with van der Waals surface area (Å²) in [6, 6.07) is 0.514. The maximum absolute atomic E-state index is 12.4. The van der Waals surface area contributed by atoms with Gasteiger partial charge in [0.25, 0.3) is 0 Å². The number of amides is 2. The number of likely N-dealkylation sites (N-methyl/N-ethyl adjacent to an activating group) is 1. The van der Waals surface area contributed by atoms with E-state index < -0.39 is 0 Å². The van der Waals surface area contributed by atoms with Crippen LogP contribution in [0.3, 0.4) is 0 Å². The Morgan fingerprint density at radius 2 is 1.75 bits per heavy atom. The Balaban J connectivity index is 1.46. The average Bonchev–Trinajstić information content (AvgIpc) is 3.29. The largest absolute Gasteiger partial charge is 0.344 e. The zero-order valence-corrected chi connectivity index (χ0v) is 15.4. The molecule has 1 aliphatic carbocycles. The van der Waals surface area contributed by atoms with Crippen molar-refractivity contribution in [3.63, 3.8) is 0 Å². The van der Waals surface area contributed by atoms with Crippen LogP contribution >= 0.6 is 0 Å². The molecule has 0 aromatic heterocycles. The summed E-state index contributed by atoms with van der Waals surface area (Å²) in [5.41, 5.74) is 0. The van der Waals surface area contributed by atoms with E-state index in [1.165, 1.54) is 12.8 Å². The van der Waals surface area contributed by atoms with Gasteiger partial charge in [0.05, 0.1) is 6.54 Å². The second kappa shape index (κ2) is 7.40. The summed E-state index contributed by atoms with van der Waals surface area (Å²) in [7, 11) is 1.94. The molecule has 3 aliphatic rings. The topological polar surface area (TPSA) is 47.1 Å². The predicted molar refractivity (Wildman–Crippen MR) is 93.6 cm³/mol. The fourth-order valence-electron chi connectivity index (χ4n) is 4.12. The molecule has 136 valence electrons. The average molecular weight is 336 g/mol. The van der Waals surface area contributed by atoms with Gasteiger partial charge in [-0.25, -0.2) is 0 Å². The van der Waals surface area contributed by atoms with Gasteiger partial charge in [0.15, 0.2) is 0 Å². The number of hydrogen-bond donors (Lipinski definition) is 0. The summed E-state index contributed by atoms with van der Waals surface area (Å²) in [5.74, 6) is 1.77. The Morgan fingerprint density at radius 3 is 2.33 bits per heavy atom. The van der Waals surface area contributed by atoms with Crippen LogP contribution in [0.5, 0.6) is 0 Å². The van der Waals surface area contributed by atoms with Gasteiger partial charge in [0.2, 0.25) is 11.8 Å². The molecule has 0 aromatic rings. The fraction of sp³-hybridized carbons (Fsp3) is 0.889. The number of likely N-dealkylation sites (tertiary alicyclic amines) is 1. The first kappa shape index (κ1) is 17.7. The number of carbonyl (C=O) groups is 2. The fourth-order valence-corrected chi connectivity index (χ4v) is 4.12. The Morgan fingerprint density at radius 1 is 1.08 bits per heavy atom. The first-order chi connectivity index (χ1) is 11.4. The smallest absolute Gasteiger partial charge is 0.236 e. The van der Waals surface area contributed by atoms with Crippen molar-refractivity contribution in [3.05, 3.63) is 0 Å². The second-order valence-corrected chi connectivity index (χ2v) is 8.00. The van der Waals surface area contributed by atoms with Crippen molar-refractivity contribution < 1.29 is 9.59 Å². The molecule has 0 aromatic carbocycles. The van der Waals surface area contributed by atoms with Crippen LogP contribution in [-0.4, -0.2) is 96.9 Å². The molecule has 0 radical (unpaired) electrons. The van der Waals surface area contributed by atoms with E-state index in [-0.39, 0.29) is 11.8 Å². The van der Waals surface area contributed by atoms with Gasteiger partial charge in [-0.05, 0) is 24.7 Å². The van der Waals surface area contributed by atoms with Gasteiger partial charge in [-0.15, -0.1) is 0 Å². The third kappa shape index (κ3) is 4.28. The van der Waals surface area contributed by atoms with Crippen LogP contribution in [0.1, 0.15) is 26.7 Å². The normalized spacial score (nSPS) is 29.0. The van der Waals surface area contributed by atoms with E-state index in [1.54, 1.807) is 6.92 Å². The molecule has 0 spiro atoms. The Kier molecular flexibility index (Phi) is 5.45. The van der Waals surface area contributed by atoms with Crippen molar-refractivity contribution in [3.8, 4) is 0 Å². The molecular formula is C18H32N4O2. The molecule has 0 unspecified atom stereocenters. The quantitative estimate of drug-likeness (QED) is 0.726. The van der Waals surface area contributed by atoms with Crippen molar-refractivity contribution in [2.75, 3.05) is 59.4 Å². The highest BCUT2D eigenvalue weighted by Crippen LogP contribution is 2.29. The zero-order valence-electron chi connectivity index (χ0n) is 15.4. The van der Waals surface area contributed by atoms with E-state index in [0.717, 1.165) is 51.7 Å². The van der Waals surface area contributed by atoms with E-state index in [1.807, 2.05) is 16.8 Å². The number of hydrogen-bond acceptors (Lipinski definition) is 4. The van der Waals surface area contributed by atoms with Gasteiger partial charge in [-0.2, -0.15) is 0 Å². The maximum atomic E-state index is 12.4. The van der Waals surface area contributed by atoms with Gasteiger partial charge in [-0.1, -0.05) is 6.92 Å². The summed E-state index contributed by atoms with van der Waals surface area (Å²) in [6.07, 6.45) is 2.57. The molecule has 1 saturated carbocycles. The maximum Gasteiger partial charge on any atom is 0.236 e. The molecule has 0 bridgehead atoms. The summed E-state index contributed by atoms with van der Waals surface area (Å²) < 4.78 is 0. The molecule has 24 heavy (non-hydrogen) atoms. The van der Waals surface area contributed by atoms with Crippen molar-refractivity contribution in [1.82, 2.24) is 19.6 Å². The summed E-state index contributed by atoms with van der Waals surface area (Å²) in [5, 5.41) is 0. The lowest BCUT2D eigenvalue weighted by Gasteiger charge is -2.39. The van der Waals surface area contributed by atoms with Crippen LogP contribution in [0.15, 0.2) is 0 Å². The van der Waals surface area contributed by atoms with Crippen LogP contribution in [0.2, 0.25) is 0 Å². The standard InChI is InChI=1S/C18H32N4O2/c1-14-10-20(13-18(24)19(3)11-16-4-5-16)12-17(14)22-8-6-21(7-9-22)15(2)23/h14,16-17H,4-13H2,1-3H3/t14-,17+/m0/s1. The third-order valence-electron chi connectivity index (χ3n) is 5.89. The molecule has 2 atom stereocenters. The van der Waals surface area contributed by atoms with Gasteiger partial charge in [0, 0.05) is 65.8 Å². The molecule has 0 N–H and O–H groups in total. The lowest BCUT2D eigenvalue weighted by molar-refractivity contribution is -0.132. The SMILES string of the molecule is CC(=O)N1CCN([C@@H]2CN(CC(=O)N(C)CC3CC3)C[C@@H]2C)CC1. The predicted octanol–water partition coefficient (Wildman–Crippen LogP) is 0.339. The van der Waals surface area contributed by atoms with Crippen LogP contribution < -0.4 is 0 Å². The molecule has 2 aliphatic heterocycles. The van der Waals surface area contributed by atoms with E-state index in [9.17, 15) is 9.59 Å². The van der Waals surface area contributed by atoms with Gasteiger partial charge in [0.1, 0.15) is 0 Å². The summed E-state index contributed by atoms with van der Waals surface area (Å²) in [4.78, 5) is 32.5. The molecule has 3 fully saturated rings. The minimum Gasteiger partial charge on any atom is -0.344 e. The zero-order chi connectivity index (χ0) is 17.3. The number of nitrogens with zero attached hydrogens (tertiary/aromatic N) is 4. The number of piperazine rings is 1. The first-order valence-electron chi connectivity index (χ1n) is 9.40. The van der Waals surface area contributed by atoms with Crippen LogP contribution in [0.25, 0.3) is 0 Å². The molecule has 6 nitrogen and oxygen atoms in total. The van der Waals surface area contributed by atoms with Crippen LogP contribution in [-0.2, 0) is 9.59 Å². The molecule has 2 heterocycles. The van der Waals surface area contributed by atoms with Gasteiger partial charge < -0.3 is 9.80 Å². The molecule has 2 saturated heterocycles. The molecule has 2 amide bonds. The molecule has 6 heteroatoms. The van der Waals surface area contributed by atoms with Crippen molar-refractivity contribution in [1.29, 1.82) is 0 Å². The Hall–Kier alpha value is -1.14. The monoisotopic (exact) mass is 336 g/mol. The van der Waals surface area contributed by atoms with Crippen LogP contribution in [0, 0.1) is 11.8 Å². The van der Waals surface area contributed by atoms with Gasteiger partial charge >= 0.3 is 0 Å². The number of carbonyl (C=O) groups excluding carboxylic acids is 2. The van der Waals surface area contributed by atoms with Crippen LogP contribution in [0.4, 0.5) is 0 Å². The minimum absolute atomic E-state index is 0.181. The third-order valence-corrected chi connectivity index (χ3v) is 5.89. The molecule has 3 rings (SSSR count). The van der Waals surface area contributed by atoms with E-state index in [2.05, 4.69) is 16.7 Å². The summed E-state index contributed by atoms with van der Waals surface area (Å²) in [6.45, 7) is 11.0. The van der Waals surface area contributed by atoms with Gasteiger partial charge in [-0.3, -0.25) is 19.4 Å². The van der Waals surface area contributed by atoms with E-state index in [4.69, 9.17) is 0 Å². The summed E-state index contributed by atoms with van der Waals surface area (Å²) >= 11 is 0. The minimum atomic E-state index is 0.181. The lowest BCUT2D eigenvalue weighted by Crippen LogP contribution is -2.53. The second-order valence-electron chi connectivity index (χ2n) is 8.00. The highest BCUT2D eigenvalue weighted by Gasteiger charge is 2.36. The van der Waals surface area contributed by atoms with E-state index >= 15 is 0 Å². The first-order valence-corrected chi connectivity index (χ1v) is 9.40. The van der Waals surface area contributed by atoms with Crippen molar-refractivity contribution in [2.45, 2.75) is 32.7 Å². The highest BCUT2D eigenvalue weighted by molar-refractivity contribution is 5.78. The molecular weight excluding hydrogens is 304 g/mol. The Bertz CT molecular complexity index is 472. The Labute approximate surface area is 145 Å². The van der Waals surface area contributed by atoms with Crippen molar-refractivity contribution in [2.24, 2.45) is 11.8 Å². The lowest BCUT2D eigenvalue weighted by atomic mass is 10.0. The highest BCUT2D eigenvalue weighted by atomic mass is 16.2. The van der Waals surface area contributed by atoms with Crippen molar-refractivity contribution >= 4 is 11.8 Å². The van der Waals surface area contributed by atoms with E-state index in [0.29, 0.717) is 18.5 Å².